The van der Waals surface area contributed by atoms with Gasteiger partial charge < -0.3 is 10.2 Å². The summed E-state index contributed by atoms with van der Waals surface area (Å²) in [6.07, 6.45) is -2.23. The molecule has 0 spiro atoms. The summed E-state index contributed by atoms with van der Waals surface area (Å²) in [6, 6.07) is 3.83. The molecule has 1 fully saturated rings. The van der Waals surface area contributed by atoms with Crippen LogP contribution in [-0.2, 0) is 16.4 Å². The molecule has 2 atom stereocenters. The van der Waals surface area contributed by atoms with E-state index < -0.39 is 46.7 Å². The van der Waals surface area contributed by atoms with Crippen molar-refractivity contribution < 1.29 is 33.9 Å². The standard InChI is InChI=1S/C26H32F3N3O4S2/c1-4-38(35,36)19-10-9-18(30-13-19)12-31-24(33)21-11-20-23(37-21)22(15(2)3)32(25(20)34)14-16-5-7-17(8-6-16)26(27,28)29/h9-11,13,15-17,22H,4-8,12,14H2,1-3H3,(H,31,33)/t16?,17?,22-/m0/s1/i2D2/t15?,16?,17?,22-. The minimum atomic E-state index is -4.22. The molecule has 0 radical (unpaired) electrons. The van der Waals surface area contributed by atoms with Gasteiger partial charge in [-0.2, -0.15) is 13.2 Å². The Morgan fingerprint density at radius 2 is 2.00 bits per heavy atom. The maximum absolute atomic E-state index is 13.4. The van der Waals surface area contributed by atoms with Crippen LogP contribution in [-0.4, -0.2) is 48.6 Å². The lowest BCUT2D eigenvalue weighted by molar-refractivity contribution is -0.184. The molecule has 38 heavy (non-hydrogen) atoms. The number of carbonyl (C=O) groups is 2. The third kappa shape index (κ3) is 5.90. The predicted molar refractivity (Wildman–Crippen MR) is 138 cm³/mol. The highest BCUT2D eigenvalue weighted by Crippen LogP contribution is 2.46. The number of pyridine rings is 1. The van der Waals surface area contributed by atoms with Crippen molar-refractivity contribution >= 4 is 33.0 Å². The van der Waals surface area contributed by atoms with Gasteiger partial charge in [-0.25, -0.2) is 8.42 Å². The fourth-order valence-corrected chi connectivity index (χ4v) is 7.24. The van der Waals surface area contributed by atoms with Crippen LogP contribution >= 0.6 is 11.3 Å². The van der Waals surface area contributed by atoms with E-state index >= 15 is 0 Å². The molecule has 4 rings (SSSR count). The fourth-order valence-electron chi connectivity index (χ4n) is 5.12. The highest BCUT2D eigenvalue weighted by molar-refractivity contribution is 7.91. The van der Waals surface area contributed by atoms with Gasteiger partial charge in [0.05, 0.1) is 45.3 Å². The quantitative estimate of drug-likeness (QED) is 0.457. The zero-order chi connectivity index (χ0) is 29.4. The maximum Gasteiger partial charge on any atom is 0.391 e. The van der Waals surface area contributed by atoms with Crippen LogP contribution in [0.2, 0.25) is 0 Å². The van der Waals surface area contributed by atoms with Crippen LogP contribution in [0.5, 0.6) is 0 Å². The van der Waals surface area contributed by atoms with Crippen molar-refractivity contribution in [1.82, 2.24) is 15.2 Å². The largest absolute Gasteiger partial charge is 0.391 e. The highest BCUT2D eigenvalue weighted by Gasteiger charge is 2.44. The number of thiophene rings is 1. The van der Waals surface area contributed by atoms with E-state index in [1.165, 1.54) is 31.3 Å². The topological polar surface area (TPSA) is 96.4 Å². The molecule has 2 aromatic heterocycles. The molecule has 1 aliphatic heterocycles. The number of aromatic nitrogens is 1. The summed E-state index contributed by atoms with van der Waals surface area (Å²) in [5.41, 5.74) is 0.775. The molecule has 2 aromatic rings. The predicted octanol–water partition coefficient (Wildman–Crippen LogP) is 5.39. The average molecular weight is 574 g/mol. The number of halogens is 3. The van der Waals surface area contributed by atoms with Crippen LogP contribution in [0.1, 0.15) is 85.8 Å². The fraction of sp³-hybridized carbons (Fsp3) is 0.577. The second-order valence-electron chi connectivity index (χ2n) is 9.98. The molecule has 2 amide bonds. The van der Waals surface area contributed by atoms with Gasteiger partial charge in [0, 0.05) is 20.4 Å². The maximum atomic E-state index is 13.4. The molecule has 1 saturated carbocycles. The molecule has 1 N–H and O–H groups in total. The Bertz CT molecular complexity index is 1340. The summed E-state index contributed by atoms with van der Waals surface area (Å²) in [5, 5.41) is 2.72. The van der Waals surface area contributed by atoms with Crippen molar-refractivity contribution in [2.75, 3.05) is 12.3 Å². The molecule has 12 heteroatoms. The zero-order valence-electron chi connectivity index (χ0n) is 23.1. The number of nitrogens with zero attached hydrogens (tertiary/aromatic N) is 2. The number of alkyl halides is 3. The van der Waals surface area contributed by atoms with Gasteiger partial charge in [-0.05, 0) is 55.7 Å². The number of sulfone groups is 1. The second kappa shape index (κ2) is 11.0. The van der Waals surface area contributed by atoms with Gasteiger partial charge in [-0.3, -0.25) is 14.6 Å². The van der Waals surface area contributed by atoms with Crippen molar-refractivity contribution in [2.24, 2.45) is 17.8 Å². The van der Waals surface area contributed by atoms with Crippen LogP contribution < -0.4 is 5.32 Å². The van der Waals surface area contributed by atoms with E-state index in [0.29, 0.717) is 29.0 Å². The molecule has 0 saturated heterocycles. The SMILES string of the molecule is [2H]C([2H])C(C)[C@H]1c2sc(C(=O)NCc3ccc(S(=O)(=O)CC)cn3)cc2C(=O)N1CC1CCC(C(F)(F)F)CC1. The summed E-state index contributed by atoms with van der Waals surface area (Å²) in [7, 11) is -3.39. The van der Waals surface area contributed by atoms with Crippen LogP contribution in [0.25, 0.3) is 0 Å². The average Bonchev–Trinajstić information content (AvgIpc) is 3.45. The summed E-state index contributed by atoms with van der Waals surface area (Å²) >= 11 is 1.11. The Kier molecular flexibility index (Phi) is 7.43. The molecule has 3 heterocycles. The molecule has 1 aliphatic carbocycles. The van der Waals surface area contributed by atoms with Crippen LogP contribution in [0.15, 0.2) is 29.3 Å². The lowest BCUT2D eigenvalue weighted by Gasteiger charge is -2.35. The first-order chi connectivity index (χ1) is 18.7. The van der Waals surface area contributed by atoms with Crippen LogP contribution in [0, 0.1) is 17.8 Å². The molecule has 0 bridgehead atoms. The molecule has 0 aromatic carbocycles. The van der Waals surface area contributed by atoms with Gasteiger partial charge in [0.15, 0.2) is 9.84 Å². The number of amides is 2. The Morgan fingerprint density at radius 1 is 1.29 bits per heavy atom. The Hall–Kier alpha value is -2.47. The van der Waals surface area contributed by atoms with Gasteiger partial charge in [0.25, 0.3) is 11.8 Å². The number of rotatable bonds is 8. The van der Waals surface area contributed by atoms with Gasteiger partial charge in [0.2, 0.25) is 0 Å². The number of hydrogen-bond acceptors (Lipinski definition) is 6. The summed E-state index contributed by atoms with van der Waals surface area (Å²) < 4.78 is 79.1. The van der Waals surface area contributed by atoms with Crippen molar-refractivity contribution in [3.05, 3.63) is 45.4 Å². The van der Waals surface area contributed by atoms with E-state index in [0.717, 1.165) is 11.3 Å². The van der Waals surface area contributed by atoms with Gasteiger partial charge in [0.1, 0.15) is 0 Å². The Morgan fingerprint density at radius 3 is 2.58 bits per heavy atom. The summed E-state index contributed by atoms with van der Waals surface area (Å²) in [4.78, 5) is 33.0. The van der Waals surface area contributed by atoms with E-state index in [1.54, 1.807) is 11.8 Å². The zero-order valence-corrected chi connectivity index (χ0v) is 22.8. The van der Waals surface area contributed by atoms with Crippen molar-refractivity contribution in [3.63, 3.8) is 0 Å². The van der Waals surface area contributed by atoms with Crippen molar-refractivity contribution in [2.45, 2.75) is 70.1 Å². The molecular weight excluding hydrogens is 539 g/mol. The monoisotopic (exact) mass is 573 g/mol. The van der Waals surface area contributed by atoms with Gasteiger partial charge in [-0.15, -0.1) is 11.3 Å². The second-order valence-corrected chi connectivity index (χ2v) is 13.3. The van der Waals surface area contributed by atoms with E-state index in [9.17, 15) is 31.2 Å². The Labute approximate surface area is 227 Å². The van der Waals surface area contributed by atoms with Crippen LogP contribution in [0.4, 0.5) is 13.2 Å². The first-order valence-electron chi connectivity index (χ1n) is 13.7. The lowest BCUT2D eigenvalue weighted by atomic mass is 9.81. The van der Waals surface area contributed by atoms with E-state index in [4.69, 9.17) is 2.74 Å². The van der Waals surface area contributed by atoms with Crippen molar-refractivity contribution in [3.8, 4) is 0 Å². The van der Waals surface area contributed by atoms with Gasteiger partial charge >= 0.3 is 6.18 Å². The van der Waals surface area contributed by atoms with E-state index in [1.807, 2.05) is 0 Å². The molecule has 208 valence electrons. The third-order valence-corrected chi connectivity index (χ3v) is 10.2. The summed E-state index contributed by atoms with van der Waals surface area (Å²) in [6.45, 7) is 2.27. The third-order valence-electron chi connectivity index (χ3n) is 7.31. The van der Waals surface area contributed by atoms with Crippen molar-refractivity contribution in [1.29, 1.82) is 0 Å². The molecule has 7 nitrogen and oxygen atoms in total. The minimum Gasteiger partial charge on any atom is -0.346 e. The summed E-state index contributed by atoms with van der Waals surface area (Å²) in [5.74, 6) is -2.84. The first kappa shape index (κ1) is 25.8. The Balaban J connectivity index is 1.45. The first-order valence-corrected chi connectivity index (χ1v) is 15.0. The highest BCUT2D eigenvalue weighted by atomic mass is 32.2. The number of hydrogen-bond donors (Lipinski definition) is 1. The number of nitrogens with one attached hydrogen (secondary N) is 1. The number of fused-ring (bicyclic) bond motifs is 1. The lowest BCUT2D eigenvalue weighted by Crippen LogP contribution is -2.37. The van der Waals surface area contributed by atoms with E-state index in [2.05, 4.69) is 10.3 Å². The molecule has 2 aliphatic rings. The van der Waals surface area contributed by atoms with Crippen LogP contribution in [0.3, 0.4) is 0 Å². The molecule has 1 unspecified atom stereocenters. The van der Waals surface area contributed by atoms with Gasteiger partial charge in [-0.1, -0.05) is 20.7 Å². The number of carbonyl (C=O) groups excluding carboxylic acids is 2. The van der Waals surface area contributed by atoms with E-state index in [-0.39, 0.29) is 53.3 Å². The normalized spacial score (nSPS) is 23.7. The smallest absolute Gasteiger partial charge is 0.346 e. The molecular formula is C26H32F3N3O4S2. The minimum absolute atomic E-state index is 0.0219.